The number of hydrogen-bond donors (Lipinski definition) is 2. The molecule has 0 bridgehead atoms. The quantitative estimate of drug-likeness (QED) is 0.847. The first-order chi connectivity index (χ1) is 9.83. The molecule has 1 aliphatic rings. The number of ether oxygens (including phenoxy) is 1. The largest absolute Gasteiger partial charge is 0.381 e. The average Bonchev–Trinajstić information content (AvgIpc) is 2.97. The normalized spacial score (nSPS) is 17.9. The molecular weight excluding hydrogens is 256 g/mol. The van der Waals surface area contributed by atoms with Crippen molar-refractivity contribution in [1.82, 2.24) is 20.2 Å². The minimum absolute atomic E-state index is 0.195. The highest BCUT2D eigenvalue weighted by Crippen LogP contribution is 2.24. The molecule has 0 spiro atoms. The Balaban J connectivity index is 1.86. The molecule has 1 saturated heterocycles. The maximum absolute atomic E-state index is 5.95. The molecule has 3 N–H and O–H groups in total. The van der Waals surface area contributed by atoms with Crippen LogP contribution >= 0.6 is 0 Å². The third-order valence-corrected chi connectivity index (χ3v) is 3.69. The number of nitrogens with two attached hydrogens (primary N) is 1. The van der Waals surface area contributed by atoms with Gasteiger partial charge in [-0.15, -0.1) is 0 Å². The number of aromatic nitrogens is 4. The van der Waals surface area contributed by atoms with Gasteiger partial charge in [0.2, 0.25) is 5.95 Å². The number of nitrogens with one attached hydrogen (secondary N) is 1. The highest BCUT2D eigenvalue weighted by Gasteiger charge is 2.32. The van der Waals surface area contributed by atoms with E-state index in [1.165, 1.54) is 0 Å². The molecule has 106 valence electrons. The van der Waals surface area contributed by atoms with Crippen molar-refractivity contribution in [2.45, 2.75) is 18.4 Å². The zero-order valence-corrected chi connectivity index (χ0v) is 11.2. The van der Waals surface area contributed by atoms with E-state index in [-0.39, 0.29) is 5.54 Å². The van der Waals surface area contributed by atoms with Gasteiger partial charge in [0.15, 0.2) is 0 Å². The summed E-state index contributed by atoms with van der Waals surface area (Å²) in [5.41, 5.74) is 6.67. The molecule has 0 radical (unpaired) electrons. The fraction of sp³-hybridized carbons (Fsp3) is 0.462. The van der Waals surface area contributed by atoms with Crippen molar-refractivity contribution in [3.8, 4) is 5.69 Å². The molecule has 7 heteroatoms. The zero-order valence-electron chi connectivity index (χ0n) is 11.2. The van der Waals surface area contributed by atoms with E-state index < -0.39 is 0 Å². The van der Waals surface area contributed by atoms with Crippen molar-refractivity contribution in [2.24, 2.45) is 5.73 Å². The minimum atomic E-state index is -0.195. The van der Waals surface area contributed by atoms with Crippen molar-refractivity contribution in [2.75, 3.05) is 25.1 Å². The zero-order chi connectivity index (χ0) is 13.8. The molecule has 3 rings (SSSR count). The summed E-state index contributed by atoms with van der Waals surface area (Å²) in [7, 11) is 0. The number of benzene rings is 1. The first-order valence-electron chi connectivity index (χ1n) is 6.73. The standard InChI is InChI=1S/C13H18N6O/c14-10-13(6-8-20-9-7-13)15-12-16-17-18-19(12)11-4-2-1-3-5-11/h1-5H,6-10,14H2,(H,15,16,18). The Bertz CT molecular complexity index is 549. The summed E-state index contributed by atoms with van der Waals surface area (Å²) in [5, 5.41) is 15.3. The number of anilines is 1. The molecule has 7 nitrogen and oxygen atoms in total. The molecule has 1 aliphatic heterocycles. The minimum Gasteiger partial charge on any atom is -0.381 e. The number of hydrogen-bond acceptors (Lipinski definition) is 6. The highest BCUT2D eigenvalue weighted by molar-refractivity contribution is 5.40. The molecule has 2 aromatic rings. The van der Waals surface area contributed by atoms with E-state index in [0.717, 1.165) is 18.5 Å². The second kappa shape index (κ2) is 5.56. The molecule has 1 fully saturated rings. The maximum atomic E-state index is 5.95. The fourth-order valence-corrected chi connectivity index (χ4v) is 2.39. The van der Waals surface area contributed by atoms with Crippen molar-refractivity contribution in [3.63, 3.8) is 0 Å². The van der Waals surface area contributed by atoms with Crippen molar-refractivity contribution < 1.29 is 4.74 Å². The summed E-state index contributed by atoms with van der Waals surface area (Å²) >= 11 is 0. The van der Waals surface area contributed by atoms with E-state index in [0.29, 0.717) is 25.7 Å². The first-order valence-corrected chi connectivity index (χ1v) is 6.73. The van der Waals surface area contributed by atoms with Gasteiger partial charge < -0.3 is 15.8 Å². The third-order valence-electron chi connectivity index (χ3n) is 3.69. The molecule has 0 saturated carbocycles. The Morgan fingerprint density at radius 3 is 2.70 bits per heavy atom. The van der Waals surface area contributed by atoms with Crippen LogP contribution in [0.25, 0.3) is 5.69 Å². The van der Waals surface area contributed by atoms with Crippen LogP contribution in [0, 0.1) is 0 Å². The lowest BCUT2D eigenvalue weighted by Gasteiger charge is -2.36. The second-order valence-corrected chi connectivity index (χ2v) is 4.97. The van der Waals surface area contributed by atoms with Crippen LogP contribution < -0.4 is 11.1 Å². The van der Waals surface area contributed by atoms with E-state index in [1.807, 2.05) is 30.3 Å². The molecule has 1 aromatic heterocycles. The van der Waals surface area contributed by atoms with Gasteiger partial charge >= 0.3 is 0 Å². The van der Waals surface area contributed by atoms with Crippen LogP contribution in [-0.2, 0) is 4.74 Å². The summed E-state index contributed by atoms with van der Waals surface area (Å²) in [6.45, 7) is 1.94. The Morgan fingerprint density at radius 2 is 2.00 bits per heavy atom. The molecule has 0 amide bonds. The van der Waals surface area contributed by atoms with Crippen LogP contribution in [0.3, 0.4) is 0 Å². The number of para-hydroxylation sites is 1. The van der Waals surface area contributed by atoms with Gasteiger partial charge in [-0.3, -0.25) is 0 Å². The summed E-state index contributed by atoms with van der Waals surface area (Å²) < 4.78 is 7.09. The molecule has 0 atom stereocenters. The maximum Gasteiger partial charge on any atom is 0.248 e. The molecule has 0 aliphatic carbocycles. The highest BCUT2D eigenvalue weighted by atomic mass is 16.5. The second-order valence-electron chi connectivity index (χ2n) is 4.97. The smallest absolute Gasteiger partial charge is 0.248 e. The Kier molecular flexibility index (Phi) is 3.62. The Morgan fingerprint density at radius 1 is 1.25 bits per heavy atom. The molecule has 0 unspecified atom stereocenters. The van der Waals surface area contributed by atoms with Crippen molar-refractivity contribution in [3.05, 3.63) is 30.3 Å². The van der Waals surface area contributed by atoms with E-state index in [1.54, 1.807) is 4.68 Å². The number of rotatable bonds is 4. The van der Waals surface area contributed by atoms with E-state index >= 15 is 0 Å². The van der Waals surface area contributed by atoms with Crippen LogP contribution in [0.4, 0.5) is 5.95 Å². The van der Waals surface area contributed by atoms with Gasteiger partial charge in [0.05, 0.1) is 11.2 Å². The third kappa shape index (κ3) is 2.50. The number of tetrazole rings is 1. The fourth-order valence-electron chi connectivity index (χ4n) is 2.39. The molecule has 20 heavy (non-hydrogen) atoms. The van der Waals surface area contributed by atoms with Crippen molar-refractivity contribution >= 4 is 5.95 Å². The monoisotopic (exact) mass is 274 g/mol. The molecular formula is C13H18N6O. The van der Waals surface area contributed by atoms with Gasteiger partial charge in [0.25, 0.3) is 0 Å². The van der Waals surface area contributed by atoms with Gasteiger partial charge in [0.1, 0.15) is 0 Å². The summed E-state index contributed by atoms with van der Waals surface area (Å²) in [4.78, 5) is 0. The van der Waals surface area contributed by atoms with Gasteiger partial charge in [-0.25, -0.2) is 0 Å². The van der Waals surface area contributed by atoms with Gasteiger partial charge in [-0.05, 0) is 35.4 Å². The van der Waals surface area contributed by atoms with Gasteiger partial charge in [-0.1, -0.05) is 23.3 Å². The van der Waals surface area contributed by atoms with Crippen molar-refractivity contribution in [1.29, 1.82) is 0 Å². The summed E-state index contributed by atoms with van der Waals surface area (Å²) in [6, 6.07) is 9.78. The van der Waals surface area contributed by atoms with E-state index in [2.05, 4.69) is 20.8 Å². The Labute approximate surface area is 117 Å². The number of nitrogens with zero attached hydrogens (tertiary/aromatic N) is 4. The van der Waals surface area contributed by atoms with E-state index in [9.17, 15) is 0 Å². The predicted molar refractivity (Wildman–Crippen MR) is 74.6 cm³/mol. The topological polar surface area (TPSA) is 90.9 Å². The lowest BCUT2D eigenvalue weighted by Crippen LogP contribution is -2.50. The lowest BCUT2D eigenvalue weighted by molar-refractivity contribution is 0.0625. The molecule has 1 aromatic carbocycles. The summed E-state index contributed by atoms with van der Waals surface area (Å²) in [6.07, 6.45) is 1.70. The van der Waals surface area contributed by atoms with Crippen LogP contribution in [0.1, 0.15) is 12.8 Å². The average molecular weight is 274 g/mol. The van der Waals surface area contributed by atoms with Crippen LogP contribution in [-0.4, -0.2) is 45.5 Å². The molecule has 2 heterocycles. The van der Waals surface area contributed by atoms with Gasteiger partial charge in [0, 0.05) is 19.8 Å². The van der Waals surface area contributed by atoms with Crippen LogP contribution in [0.15, 0.2) is 30.3 Å². The van der Waals surface area contributed by atoms with Gasteiger partial charge in [-0.2, -0.15) is 4.68 Å². The first kappa shape index (κ1) is 13.0. The summed E-state index contributed by atoms with van der Waals surface area (Å²) in [5.74, 6) is 0.614. The van der Waals surface area contributed by atoms with Crippen LogP contribution in [0.5, 0.6) is 0 Å². The Hall–Kier alpha value is -1.99. The lowest BCUT2D eigenvalue weighted by atomic mass is 9.90. The van der Waals surface area contributed by atoms with Crippen LogP contribution in [0.2, 0.25) is 0 Å². The van der Waals surface area contributed by atoms with E-state index in [4.69, 9.17) is 10.5 Å². The predicted octanol–water partition coefficient (Wildman–Crippen LogP) is 0.582. The SMILES string of the molecule is NCC1(Nc2nnnn2-c2ccccc2)CCOCC1.